The molecule has 0 aliphatic heterocycles. The van der Waals surface area contributed by atoms with Crippen LogP contribution in [0.2, 0.25) is 0 Å². The maximum Gasteiger partial charge on any atom is 0.195 e. The number of rotatable bonds is 3. The summed E-state index contributed by atoms with van der Waals surface area (Å²) in [4.78, 5) is 17.2. The van der Waals surface area contributed by atoms with Crippen molar-refractivity contribution in [3.05, 3.63) is 89.2 Å². The van der Waals surface area contributed by atoms with Crippen LogP contribution in [0.15, 0.2) is 72.7 Å². The molecule has 0 amide bonds. The molecule has 0 unspecified atom stereocenters. The minimum atomic E-state index is -0.0739. The highest BCUT2D eigenvalue weighted by molar-refractivity contribution is 5.85. The number of hydrogen-bond donors (Lipinski definition) is 0. The highest BCUT2D eigenvalue weighted by Crippen LogP contribution is 2.21. The highest BCUT2D eigenvalue weighted by Gasteiger charge is 2.07. The lowest BCUT2D eigenvalue weighted by atomic mass is 10.1. The van der Waals surface area contributed by atoms with Gasteiger partial charge in [-0.2, -0.15) is 0 Å². The Morgan fingerprint density at radius 3 is 2.25 bits per heavy atom. The van der Waals surface area contributed by atoms with E-state index in [9.17, 15) is 4.79 Å². The predicted molar refractivity (Wildman–Crippen MR) is 105 cm³/mol. The van der Waals surface area contributed by atoms with Gasteiger partial charge in [0.1, 0.15) is 0 Å². The Bertz CT molecular complexity index is 927. The summed E-state index contributed by atoms with van der Waals surface area (Å²) in [5, 5.41) is 0.587. The Morgan fingerprint density at radius 1 is 0.917 bits per heavy atom. The van der Waals surface area contributed by atoms with E-state index in [0.29, 0.717) is 16.5 Å². The van der Waals surface area contributed by atoms with Crippen LogP contribution < -0.4 is 5.43 Å². The lowest BCUT2D eigenvalue weighted by molar-refractivity contribution is 1.41. The van der Waals surface area contributed by atoms with Gasteiger partial charge in [-0.25, -0.2) is 0 Å². The van der Waals surface area contributed by atoms with E-state index < -0.39 is 0 Å². The van der Waals surface area contributed by atoms with Gasteiger partial charge in [-0.05, 0) is 23.3 Å². The van der Waals surface area contributed by atoms with Crippen molar-refractivity contribution in [3.8, 4) is 11.1 Å². The van der Waals surface area contributed by atoms with Gasteiger partial charge >= 0.3 is 0 Å². The molecule has 2 nitrogen and oxygen atoms in total. The van der Waals surface area contributed by atoms with Gasteiger partial charge in [0.05, 0.1) is 5.52 Å². The zero-order valence-corrected chi connectivity index (χ0v) is 14.1. The van der Waals surface area contributed by atoms with Crippen molar-refractivity contribution < 1.29 is 0 Å². The van der Waals surface area contributed by atoms with Crippen LogP contribution in [-0.4, -0.2) is 4.98 Å². The summed E-state index contributed by atoms with van der Waals surface area (Å²) < 4.78 is 0. The van der Waals surface area contributed by atoms with E-state index in [1.54, 1.807) is 18.3 Å². The monoisotopic (exact) mass is 315 g/mol. The van der Waals surface area contributed by atoms with Crippen LogP contribution in [0.1, 0.15) is 25.0 Å². The minimum absolute atomic E-state index is 0.0739. The topological polar surface area (TPSA) is 30.0 Å². The van der Waals surface area contributed by atoms with E-state index in [-0.39, 0.29) is 5.43 Å². The molecule has 3 rings (SSSR count). The van der Waals surface area contributed by atoms with Crippen LogP contribution in [0.25, 0.3) is 34.2 Å². The van der Waals surface area contributed by atoms with E-state index in [4.69, 9.17) is 0 Å². The maximum absolute atomic E-state index is 12.8. The highest BCUT2D eigenvalue weighted by atomic mass is 16.1. The molecule has 2 aromatic carbocycles. The Hall–Kier alpha value is -3.00. The van der Waals surface area contributed by atoms with Crippen LogP contribution in [-0.2, 0) is 0 Å². The summed E-state index contributed by atoms with van der Waals surface area (Å²) in [6.45, 7) is 11.5. The van der Waals surface area contributed by atoms with Crippen LogP contribution >= 0.6 is 0 Å². The Morgan fingerprint density at radius 2 is 1.62 bits per heavy atom. The van der Waals surface area contributed by atoms with Crippen molar-refractivity contribution in [3.63, 3.8) is 0 Å². The SMILES string of the molecule is C=Cc1ccc2ncc(-c3ccccc3)cc2c(=O)c1C=C.CC. The van der Waals surface area contributed by atoms with E-state index in [1.807, 2.05) is 62.4 Å². The van der Waals surface area contributed by atoms with Crippen LogP contribution in [0.3, 0.4) is 0 Å². The second-order valence-corrected chi connectivity index (χ2v) is 4.96. The quantitative estimate of drug-likeness (QED) is 0.632. The second-order valence-electron chi connectivity index (χ2n) is 4.96. The number of aromatic nitrogens is 1. The van der Waals surface area contributed by atoms with Gasteiger partial charge in [0, 0.05) is 22.7 Å². The molecule has 3 aromatic rings. The van der Waals surface area contributed by atoms with E-state index in [2.05, 4.69) is 18.1 Å². The third kappa shape index (κ3) is 3.33. The number of pyridine rings is 1. The van der Waals surface area contributed by atoms with Gasteiger partial charge in [-0.15, -0.1) is 0 Å². The number of nitrogens with zero attached hydrogens (tertiary/aromatic N) is 1. The fourth-order valence-corrected chi connectivity index (χ4v) is 2.50. The van der Waals surface area contributed by atoms with Crippen LogP contribution in [0, 0.1) is 0 Å². The Kier molecular flexibility index (Phi) is 5.80. The molecule has 0 saturated carbocycles. The van der Waals surface area contributed by atoms with Crippen molar-refractivity contribution in [2.75, 3.05) is 0 Å². The smallest absolute Gasteiger partial charge is 0.195 e. The maximum atomic E-state index is 12.8. The normalized spacial score (nSPS) is 9.75. The van der Waals surface area contributed by atoms with Gasteiger partial charge < -0.3 is 0 Å². The average molecular weight is 315 g/mol. The molecule has 0 aliphatic rings. The molecule has 1 aromatic heterocycles. The fourth-order valence-electron chi connectivity index (χ4n) is 2.50. The molecule has 0 aliphatic carbocycles. The summed E-state index contributed by atoms with van der Waals surface area (Å²) in [5.74, 6) is 0. The van der Waals surface area contributed by atoms with E-state index in [0.717, 1.165) is 16.7 Å². The first-order chi connectivity index (χ1) is 11.7. The van der Waals surface area contributed by atoms with Gasteiger partial charge in [0.15, 0.2) is 5.43 Å². The van der Waals surface area contributed by atoms with Crippen molar-refractivity contribution in [2.45, 2.75) is 13.8 Å². The van der Waals surface area contributed by atoms with Crippen molar-refractivity contribution in [1.29, 1.82) is 0 Å². The summed E-state index contributed by atoms with van der Waals surface area (Å²) in [7, 11) is 0. The number of benzene rings is 1. The minimum Gasteiger partial charge on any atom is -0.289 e. The van der Waals surface area contributed by atoms with Crippen molar-refractivity contribution in [1.82, 2.24) is 4.98 Å². The van der Waals surface area contributed by atoms with Crippen LogP contribution in [0.5, 0.6) is 0 Å². The molecular formula is C22H21NO. The third-order valence-corrected chi connectivity index (χ3v) is 3.67. The molecule has 0 radical (unpaired) electrons. The Balaban J connectivity index is 0.00000100. The fraction of sp³-hybridized carbons (Fsp3) is 0.0909. The van der Waals surface area contributed by atoms with Crippen molar-refractivity contribution >= 4 is 23.1 Å². The first-order valence-corrected chi connectivity index (χ1v) is 8.02. The summed E-state index contributed by atoms with van der Waals surface area (Å²) in [6.07, 6.45) is 5.03. The molecule has 24 heavy (non-hydrogen) atoms. The first kappa shape index (κ1) is 17.4. The zero-order valence-electron chi connectivity index (χ0n) is 14.1. The van der Waals surface area contributed by atoms with E-state index in [1.165, 1.54) is 0 Å². The third-order valence-electron chi connectivity index (χ3n) is 3.67. The van der Waals surface area contributed by atoms with Gasteiger partial charge in [-0.1, -0.05) is 75.6 Å². The molecule has 0 atom stereocenters. The van der Waals surface area contributed by atoms with Gasteiger partial charge in [0.2, 0.25) is 0 Å². The number of hydrogen-bond acceptors (Lipinski definition) is 2. The molecule has 0 fully saturated rings. The molecule has 0 bridgehead atoms. The largest absolute Gasteiger partial charge is 0.289 e. The molecule has 2 heteroatoms. The summed E-state index contributed by atoms with van der Waals surface area (Å²) in [6, 6.07) is 15.5. The van der Waals surface area contributed by atoms with Gasteiger partial charge in [-0.3, -0.25) is 9.78 Å². The first-order valence-electron chi connectivity index (χ1n) is 8.02. The average Bonchev–Trinajstić information content (AvgIpc) is 2.80. The van der Waals surface area contributed by atoms with E-state index >= 15 is 0 Å². The lowest BCUT2D eigenvalue weighted by Crippen LogP contribution is -2.04. The molecular weight excluding hydrogens is 294 g/mol. The molecule has 0 spiro atoms. The summed E-state index contributed by atoms with van der Waals surface area (Å²) in [5.41, 5.74) is 3.87. The molecule has 0 N–H and O–H groups in total. The predicted octanol–water partition coefficient (Wildman–Crippen LogP) is 5.57. The molecule has 1 heterocycles. The standard InChI is InChI=1S/C20H15NO.C2H6/c1-3-14-10-11-19-18(20(22)17(14)4-2)12-16(13-21-19)15-8-6-5-7-9-15;1-2/h3-13H,1-2H2;1-2H3. The zero-order chi connectivity index (χ0) is 17.5. The van der Waals surface area contributed by atoms with Gasteiger partial charge in [0.25, 0.3) is 0 Å². The lowest BCUT2D eigenvalue weighted by Gasteiger charge is -2.01. The Labute approximate surface area is 142 Å². The molecule has 0 saturated heterocycles. The second kappa shape index (κ2) is 8.02. The van der Waals surface area contributed by atoms with Crippen molar-refractivity contribution in [2.24, 2.45) is 0 Å². The summed E-state index contributed by atoms with van der Waals surface area (Å²) >= 11 is 0. The van der Waals surface area contributed by atoms with Crippen LogP contribution in [0.4, 0.5) is 0 Å². The molecule has 120 valence electrons. The number of fused-ring (bicyclic) bond motifs is 1.